The summed E-state index contributed by atoms with van der Waals surface area (Å²) >= 11 is 0. The van der Waals surface area contributed by atoms with Crippen LogP contribution in [0, 0.1) is 0 Å². The lowest BCUT2D eigenvalue weighted by Gasteiger charge is -2.52. The van der Waals surface area contributed by atoms with E-state index >= 15 is 0 Å². The lowest BCUT2D eigenvalue weighted by molar-refractivity contribution is -0.306. The van der Waals surface area contributed by atoms with E-state index < -0.39 is 27.7 Å². The van der Waals surface area contributed by atoms with Crippen LogP contribution in [0.4, 0.5) is 0 Å². The highest BCUT2D eigenvalue weighted by atomic mass is 28.4. The van der Waals surface area contributed by atoms with Gasteiger partial charge in [0.05, 0.1) is 24.3 Å². The van der Waals surface area contributed by atoms with Crippen LogP contribution in [0.25, 0.3) is 0 Å². The molecule has 0 amide bonds. The largest absolute Gasteiger partial charge is 0.415 e. The molecule has 0 spiro atoms. The van der Waals surface area contributed by atoms with Crippen molar-refractivity contribution in [3.63, 3.8) is 0 Å². The van der Waals surface area contributed by atoms with Crippen molar-refractivity contribution < 1.29 is 14.1 Å². The topological polar surface area (TPSA) is 41.6 Å². The molecule has 0 aromatic rings. The van der Waals surface area contributed by atoms with Gasteiger partial charge in [0.15, 0.2) is 16.6 Å². The molecule has 1 aliphatic rings. The standard InChI is InChI=1S/C21H46NO3Si2/c1-18(2,3)26(9,10)24-16-20(7)14-13-15-21(8,22(20)23)17-25-27(11,12)19(4,5)6/h13-17H2,1-12H3/t20-,21+. The zero-order valence-corrected chi connectivity index (χ0v) is 22.2. The van der Waals surface area contributed by atoms with E-state index in [0.717, 1.165) is 19.3 Å². The van der Waals surface area contributed by atoms with Gasteiger partial charge in [-0.1, -0.05) is 41.5 Å². The summed E-state index contributed by atoms with van der Waals surface area (Å²) in [5, 5.41) is 15.1. The molecule has 1 aliphatic heterocycles. The van der Waals surface area contributed by atoms with Gasteiger partial charge < -0.3 is 8.85 Å². The van der Waals surface area contributed by atoms with Gasteiger partial charge in [-0.25, -0.2) is 0 Å². The molecule has 0 aromatic carbocycles. The molecule has 0 saturated carbocycles. The molecule has 1 heterocycles. The van der Waals surface area contributed by atoms with Gasteiger partial charge in [0, 0.05) is 0 Å². The second-order valence-electron chi connectivity index (χ2n) is 12.2. The summed E-state index contributed by atoms with van der Waals surface area (Å²) in [5.41, 5.74) is -0.946. The Bertz CT molecular complexity index is 467. The Morgan fingerprint density at radius 2 is 1.07 bits per heavy atom. The zero-order valence-electron chi connectivity index (χ0n) is 20.2. The Morgan fingerprint density at radius 1 is 0.778 bits per heavy atom. The molecule has 1 fully saturated rings. The molecule has 1 saturated heterocycles. The highest BCUT2D eigenvalue weighted by Crippen LogP contribution is 2.43. The second kappa shape index (κ2) is 7.84. The van der Waals surface area contributed by atoms with E-state index in [1.807, 2.05) is 0 Å². The van der Waals surface area contributed by atoms with Crippen molar-refractivity contribution in [3.05, 3.63) is 0 Å². The van der Waals surface area contributed by atoms with Gasteiger partial charge in [0.25, 0.3) is 0 Å². The van der Waals surface area contributed by atoms with Gasteiger partial charge in [-0.05, 0) is 69.4 Å². The maximum atomic E-state index is 13.5. The predicted octanol–water partition coefficient (Wildman–Crippen LogP) is 6.38. The lowest BCUT2D eigenvalue weighted by atomic mass is 9.81. The molecule has 0 bridgehead atoms. The third kappa shape index (κ3) is 5.67. The minimum atomic E-state index is -1.88. The van der Waals surface area contributed by atoms with Crippen molar-refractivity contribution in [1.82, 2.24) is 5.06 Å². The maximum absolute atomic E-state index is 13.5. The fourth-order valence-corrected chi connectivity index (χ4v) is 5.28. The Balaban J connectivity index is 2.89. The first kappa shape index (κ1) is 25.3. The van der Waals surface area contributed by atoms with E-state index in [-0.39, 0.29) is 10.1 Å². The van der Waals surface area contributed by atoms with Crippen LogP contribution in [0.1, 0.15) is 74.7 Å². The normalized spacial score (nSPS) is 29.2. The molecule has 27 heavy (non-hydrogen) atoms. The van der Waals surface area contributed by atoms with Gasteiger partial charge in [0.2, 0.25) is 0 Å². The van der Waals surface area contributed by atoms with Crippen LogP contribution in [0.15, 0.2) is 0 Å². The summed E-state index contributed by atoms with van der Waals surface area (Å²) < 4.78 is 12.9. The van der Waals surface area contributed by atoms with Crippen LogP contribution in [0.2, 0.25) is 36.3 Å². The smallest absolute Gasteiger partial charge is 0.192 e. The molecule has 1 radical (unpaired) electrons. The first-order valence-corrected chi connectivity index (χ1v) is 16.3. The molecule has 0 unspecified atom stereocenters. The van der Waals surface area contributed by atoms with E-state index in [4.69, 9.17) is 8.85 Å². The second-order valence-corrected chi connectivity index (χ2v) is 21.9. The molecular weight excluding hydrogens is 370 g/mol. The fraction of sp³-hybridized carbons (Fsp3) is 1.00. The average Bonchev–Trinajstić information content (AvgIpc) is 2.47. The number of piperidine rings is 1. The minimum Gasteiger partial charge on any atom is -0.415 e. The van der Waals surface area contributed by atoms with Crippen molar-refractivity contribution in [1.29, 1.82) is 0 Å². The number of hydrogen-bond donors (Lipinski definition) is 0. The molecular formula is C21H46NO3Si2. The monoisotopic (exact) mass is 416 g/mol. The Labute approximate surface area is 171 Å². The molecule has 6 heteroatoms. The third-order valence-electron chi connectivity index (χ3n) is 7.51. The van der Waals surface area contributed by atoms with Gasteiger partial charge in [-0.3, -0.25) is 0 Å². The SMILES string of the molecule is CC(C)(C)[Si](C)(C)OC[C@]1(C)CCC[C@](C)(CO[Si](C)(C)C(C)(C)C)N1[O]. The van der Waals surface area contributed by atoms with E-state index in [1.54, 1.807) is 0 Å². The first-order chi connectivity index (χ1) is 11.8. The first-order valence-electron chi connectivity index (χ1n) is 10.5. The summed E-state index contributed by atoms with van der Waals surface area (Å²) in [6.45, 7) is 27.7. The summed E-state index contributed by atoms with van der Waals surface area (Å²) in [6, 6.07) is 0. The van der Waals surface area contributed by atoms with Gasteiger partial charge in [0.1, 0.15) is 0 Å². The van der Waals surface area contributed by atoms with E-state index in [1.165, 1.54) is 5.06 Å². The third-order valence-corrected chi connectivity index (χ3v) is 16.5. The quantitative estimate of drug-likeness (QED) is 0.472. The minimum absolute atomic E-state index is 0.153. The van der Waals surface area contributed by atoms with Crippen molar-refractivity contribution in [2.45, 2.75) is 122 Å². The van der Waals surface area contributed by atoms with Crippen LogP contribution < -0.4 is 0 Å². The molecule has 1 rings (SSSR count). The molecule has 0 aromatic heterocycles. The Kier molecular flexibility index (Phi) is 7.35. The summed E-state index contributed by atoms with van der Waals surface area (Å²) in [7, 11) is -3.75. The highest BCUT2D eigenvalue weighted by molar-refractivity contribution is 6.74. The molecule has 0 N–H and O–H groups in total. The van der Waals surface area contributed by atoms with Gasteiger partial charge >= 0.3 is 0 Å². The Hall–Kier alpha value is 0.274. The molecule has 161 valence electrons. The number of hydroxylamine groups is 2. The number of nitrogens with zero attached hydrogens (tertiary/aromatic N) is 1. The average molecular weight is 417 g/mol. The van der Waals surface area contributed by atoms with Crippen LogP contribution in [0.3, 0.4) is 0 Å². The Morgan fingerprint density at radius 3 is 1.33 bits per heavy atom. The van der Waals surface area contributed by atoms with Crippen molar-refractivity contribution in [2.75, 3.05) is 13.2 Å². The lowest BCUT2D eigenvalue weighted by Crippen LogP contribution is -2.64. The van der Waals surface area contributed by atoms with E-state index in [2.05, 4.69) is 81.6 Å². The summed E-state index contributed by atoms with van der Waals surface area (Å²) in [6.07, 6.45) is 2.83. The van der Waals surface area contributed by atoms with Crippen LogP contribution in [0.5, 0.6) is 0 Å². The van der Waals surface area contributed by atoms with Crippen molar-refractivity contribution >= 4 is 16.6 Å². The molecule has 0 aliphatic carbocycles. The van der Waals surface area contributed by atoms with E-state index in [9.17, 15) is 5.21 Å². The summed E-state index contributed by atoms with van der Waals surface area (Å²) in [5.74, 6) is 0. The number of rotatable bonds is 6. The van der Waals surface area contributed by atoms with Gasteiger partial charge in [-0.15, -0.1) is 10.3 Å². The van der Waals surface area contributed by atoms with Gasteiger partial charge in [-0.2, -0.15) is 0 Å². The molecule has 4 nitrogen and oxygen atoms in total. The van der Waals surface area contributed by atoms with E-state index in [0.29, 0.717) is 13.2 Å². The molecule has 2 atom stereocenters. The highest BCUT2D eigenvalue weighted by Gasteiger charge is 2.50. The fourth-order valence-electron chi connectivity index (χ4n) is 3.07. The maximum Gasteiger partial charge on any atom is 0.192 e. The van der Waals surface area contributed by atoms with Crippen molar-refractivity contribution in [2.24, 2.45) is 0 Å². The summed E-state index contributed by atoms with van der Waals surface area (Å²) in [4.78, 5) is 0. The van der Waals surface area contributed by atoms with Crippen LogP contribution in [-0.4, -0.2) is 46.0 Å². The van der Waals surface area contributed by atoms with Crippen molar-refractivity contribution in [3.8, 4) is 0 Å². The number of hydrogen-bond acceptors (Lipinski definition) is 3. The predicted molar refractivity (Wildman–Crippen MR) is 119 cm³/mol. The van der Waals surface area contributed by atoms with Crippen LogP contribution >= 0.6 is 0 Å². The van der Waals surface area contributed by atoms with Crippen LogP contribution in [-0.2, 0) is 14.1 Å². The zero-order chi connectivity index (χ0) is 21.5.